The highest BCUT2D eigenvalue weighted by atomic mass is 16.5. The zero-order chi connectivity index (χ0) is 9.40. The van der Waals surface area contributed by atoms with E-state index in [1.807, 2.05) is 0 Å². The van der Waals surface area contributed by atoms with E-state index in [4.69, 9.17) is 10.5 Å². The van der Waals surface area contributed by atoms with Gasteiger partial charge in [-0.05, 0) is 12.1 Å². The Labute approximate surface area is 70.0 Å². The van der Waals surface area contributed by atoms with Gasteiger partial charge in [0.15, 0.2) is 0 Å². The minimum Gasteiger partial charge on any atom is -0.288 e. The lowest BCUT2D eigenvalue weighted by atomic mass is 10.2. The Morgan fingerprint density at radius 1 is 1.33 bits per heavy atom. The summed E-state index contributed by atoms with van der Waals surface area (Å²) in [7, 11) is 0. The first-order chi connectivity index (χ1) is 5.84. The van der Waals surface area contributed by atoms with E-state index in [9.17, 15) is 4.79 Å². The minimum absolute atomic E-state index is 0.449. The van der Waals surface area contributed by atoms with E-state index in [1.54, 1.807) is 35.8 Å². The standard InChI is InChI=1S/C7H7NO2.CHN/c9-7(8-10)6-4-2-1-3-5-6;1-2/h1-5,10H,(H,8,9);1H. The Hall–Kier alpha value is -1.86. The quantitative estimate of drug-likeness (QED) is 0.479. The highest BCUT2D eigenvalue weighted by molar-refractivity contribution is 5.93. The molecule has 1 aromatic carbocycles. The van der Waals surface area contributed by atoms with Crippen LogP contribution in [0.1, 0.15) is 10.4 Å². The molecule has 0 atom stereocenters. The number of nitrogens with one attached hydrogen (secondary N) is 1. The van der Waals surface area contributed by atoms with Crippen molar-refractivity contribution in [3.8, 4) is 6.57 Å². The van der Waals surface area contributed by atoms with Crippen LogP contribution in [0.2, 0.25) is 0 Å². The number of nitriles is 1. The van der Waals surface area contributed by atoms with Gasteiger partial charge in [-0.3, -0.25) is 10.0 Å². The van der Waals surface area contributed by atoms with E-state index < -0.39 is 5.91 Å². The highest BCUT2D eigenvalue weighted by Crippen LogP contribution is 1.96. The molecule has 1 rings (SSSR count). The third-order valence-electron chi connectivity index (χ3n) is 1.14. The van der Waals surface area contributed by atoms with Crippen molar-refractivity contribution < 1.29 is 10.0 Å². The number of amides is 1. The molecule has 0 bridgehead atoms. The van der Waals surface area contributed by atoms with Crippen molar-refractivity contribution in [1.82, 2.24) is 5.48 Å². The van der Waals surface area contributed by atoms with Crippen LogP contribution in [-0.4, -0.2) is 11.1 Å². The van der Waals surface area contributed by atoms with Crippen molar-refractivity contribution in [1.29, 1.82) is 5.26 Å². The van der Waals surface area contributed by atoms with Crippen LogP contribution >= 0.6 is 0 Å². The van der Waals surface area contributed by atoms with Gasteiger partial charge in [0.25, 0.3) is 5.91 Å². The molecule has 0 saturated carbocycles. The first-order valence-corrected chi connectivity index (χ1v) is 3.10. The second-order valence-corrected chi connectivity index (χ2v) is 1.81. The van der Waals surface area contributed by atoms with Crippen LogP contribution in [0.15, 0.2) is 30.3 Å². The van der Waals surface area contributed by atoms with Gasteiger partial charge < -0.3 is 0 Å². The van der Waals surface area contributed by atoms with Crippen LogP contribution in [0, 0.1) is 11.8 Å². The van der Waals surface area contributed by atoms with Crippen molar-refractivity contribution in [2.45, 2.75) is 0 Å². The lowest BCUT2D eigenvalue weighted by Crippen LogP contribution is -2.18. The van der Waals surface area contributed by atoms with E-state index in [0.29, 0.717) is 5.56 Å². The number of hydrogen-bond acceptors (Lipinski definition) is 3. The lowest BCUT2D eigenvalue weighted by molar-refractivity contribution is 0.0706. The van der Waals surface area contributed by atoms with Crippen molar-refractivity contribution in [3.05, 3.63) is 35.9 Å². The fraction of sp³-hybridized carbons (Fsp3) is 0. The monoisotopic (exact) mass is 164 g/mol. The van der Waals surface area contributed by atoms with Crippen LogP contribution in [0.5, 0.6) is 0 Å². The molecule has 0 fully saturated rings. The number of carbonyl (C=O) groups excluding carboxylic acids is 1. The summed E-state index contributed by atoms with van der Waals surface area (Å²) in [4.78, 5) is 10.7. The fourth-order valence-corrected chi connectivity index (χ4v) is 0.654. The molecule has 0 aliphatic heterocycles. The summed E-state index contributed by atoms with van der Waals surface area (Å²) in [6, 6.07) is 8.49. The Bertz CT molecular complexity index is 256. The number of hydroxylamine groups is 1. The third-order valence-corrected chi connectivity index (χ3v) is 1.14. The molecule has 0 spiro atoms. The molecule has 0 aliphatic rings. The molecule has 0 heterocycles. The van der Waals surface area contributed by atoms with Gasteiger partial charge in [0.2, 0.25) is 0 Å². The van der Waals surface area contributed by atoms with Crippen molar-refractivity contribution in [2.24, 2.45) is 0 Å². The molecule has 62 valence electrons. The SMILES string of the molecule is C#N.O=C(NO)c1ccccc1. The van der Waals surface area contributed by atoms with Gasteiger partial charge in [0.05, 0.1) is 0 Å². The molecule has 4 heteroatoms. The van der Waals surface area contributed by atoms with E-state index in [1.165, 1.54) is 0 Å². The largest absolute Gasteiger partial charge is 0.288 e. The number of nitrogens with zero attached hydrogens (tertiary/aromatic N) is 1. The lowest BCUT2D eigenvalue weighted by Gasteiger charge is -1.94. The Morgan fingerprint density at radius 3 is 2.25 bits per heavy atom. The summed E-state index contributed by atoms with van der Waals surface area (Å²) >= 11 is 0. The zero-order valence-corrected chi connectivity index (χ0v) is 6.27. The van der Waals surface area contributed by atoms with Gasteiger partial charge in [0.1, 0.15) is 0 Å². The highest BCUT2D eigenvalue weighted by Gasteiger charge is 1.99. The molecular weight excluding hydrogens is 156 g/mol. The maximum absolute atomic E-state index is 10.7. The van der Waals surface area contributed by atoms with Crippen LogP contribution < -0.4 is 5.48 Å². The summed E-state index contributed by atoms with van der Waals surface area (Å²) in [5.74, 6) is -0.486. The maximum Gasteiger partial charge on any atom is 0.274 e. The average Bonchev–Trinajstić information content (AvgIpc) is 2.21. The molecule has 0 aliphatic carbocycles. The van der Waals surface area contributed by atoms with Gasteiger partial charge in [-0.1, -0.05) is 18.2 Å². The molecule has 1 aromatic rings. The van der Waals surface area contributed by atoms with Crippen LogP contribution in [0.25, 0.3) is 0 Å². The van der Waals surface area contributed by atoms with Gasteiger partial charge in [-0.15, -0.1) is 0 Å². The smallest absolute Gasteiger partial charge is 0.274 e. The first kappa shape index (κ1) is 10.1. The van der Waals surface area contributed by atoms with Crippen molar-refractivity contribution >= 4 is 5.91 Å². The number of benzene rings is 1. The molecule has 4 nitrogen and oxygen atoms in total. The second kappa shape index (κ2) is 5.89. The molecular formula is C8H8N2O2. The van der Waals surface area contributed by atoms with Crippen LogP contribution in [0.4, 0.5) is 0 Å². The number of hydrogen-bond donors (Lipinski definition) is 2. The predicted octanol–water partition coefficient (Wildman–Crippen LogP) is 0.945. The molecule has 0 radical (unpaired) electrons. The van der Waals surface area contributed by atoms with E-state index >= 15 is 0 Å². The molecule has 0 saturated heterocycles. The van der Waals surface area contributed by atoms with Gasteiger partial charge >= 0.3 is 0 Å². The maximum atomic E-state index is 10.7. The average molecular weight is 164 g/mol. The third kappa shape index (κ3) is 2.82. The Balaban J connectivity index is 0.000000561. The topological polar surface area (TPSA) is 73.1 Å². The minimum atomic E-state index is -0.486. The molecule has 1 amide bonds. The van der Waals surface area contributed by atoms with Crippen molar-refractivity contribution in [3.63, 3.8) is 0 Å². The fourth-order valence-electron chi connectivity index (χ4n) is 0.654. The summed E-state index contributed by atoms with van der Waals surface area (Å²) in [5.41, 5.74) is 1.99. The van der Waals surface area contributed by atoms with Crippen LogP contribution in [0.3, 0.4) is 0 Å². The first-order valence-electron chi connectivity index (χ1n) is 3.10. The summed E-state index contributed by atoms with van der Waals surface area (Å²) in [5, 5.41) is 14.7. The van der Waals surface area contributed by atoms with Gasteiger partial charge in [0, 0.05) is 12.1 Å². The Morgan fingerprint density at radius 2 is 1.83 bits per heavy atom. The molecule has 0 unspecified atom stereocenters. The van der Waals surface area contributed by atoms with E-state index in [2.05, 4.69) is 6.57 Å². The molecule has 2 N–H and O–H groups in total. The van der Waals surface area contributed by atoms with Crippen LogP contribution in [-0.2, 0) is 0 Å². The van der Waals surface area contributed by atoms with E-state index in [-0.39, 0.29) is 0 Å². The Kier molecular flexibility index (Phi) is 4.98. The molecule has 12 heavy (non-hydrogen) atoms. The van der Waals surface area contributed by atoms with Gasteiger partial charge in [-0.25, -0.2) is 10.7 Å². The number of carbonyl (C=O) groups is 1. The summed E-state index contributed by atoms with van der Waals surface area (Å²) in [6.45, 7) is 3.50. The second-order valence-electron chi connectivity index (χ2n) is 1.81. The van der Waals surface area contributed by atoms with E-state index in [0.717, 1.165) is 0 Å². The van der Waals surface area contributed by atoms with Gasteiger partial charge in [-0.2, -0.15) is 0 Å². The molecule has 0 aromatic heterocycles. The van der Waals surface area contributed by atoms with Crippen molar-refractivity contribution in [2.75, 3.05) is 0 Å². The summed E-state index contributed by atoms with van der Waals surface area (Å²) < 4.78 is 0. The zero-order valence-electron chi connectivity index (χ0n) is 6.27. The normalized spacial score (nSPS) is 7.58. The summed E-state index contributed by atoms with van der Waals surface area (Å²) in [6.07, 6.45) is 0. The predicted molar refractivity (Wildman–Crippen MR) is 42.4 cm³/mol. The number of rotatable bonds is 1.